The molecule has 0 aromatic heterocycles. The van der Waals surface area contributed by atoms with Crippen LogP contribution in [0.5, 0.6) is 0 Å². The van der Waals surface area contributed by atoms with Gasteiger partial charge >= 0.3 is 5.97 Å². The van der Waals surface area contributed by atoms with Gasteiger partial charge < -0.3 is 9.84 Å². The highest BCUT2D eigenvalue weighted by Gasteiger charge is 1.91. The van der Waals surface area contributed by atoms with E-state index < -0.39 is 5.97 Å². The molecule has 0 fully saturated rings. The van der Waals surface area contributed by atoms with Crippen LogP contribution in [0.2, 0.25) is 0 Å². The summed E-state index contributed by atoms with van der Waals surface area (Å²) in [5, 5.41) is 8.04. The molecule has 0 unspecified atom stereocenters. The Morgan fingerprint density at radius 1 is 1.78 bits per heavy atom. The predicted molar refractivity (Wildman–Crippen MR) is 32.7 cm³/mol. The molecule has 1 N–H and O–H groups in total. The van der Waals surface area contributed by atoms with Crippen LogP contribution < -0.4 is 0 Å². The van der Waals surface area contributed by atoms with Gasteiger partial charge in [-0.3, -0.25) is 0 Å². The van der Waals surface area contributed by atoms with Crippen LogP contribution in [0, 0.1) is 6.92 Å². The molecule has 3 nitrogen and oxygen atoms in total. The molecular formula is C6H9O3. The maximum Gasteiger partial charge on any atom is 0.333 e. The van der Waals surface area contributed by atoms with Crippen LogP contribution in [0.15, 0.2) is 12.3 Å². The Morgan fingerprint density at radius 3 is 2.89 bits per heavy atom. The maximum atomic E-state index is 10.3. The molecule has 0 saturated carbocycles. The lowest BCUT2D eigenvalue weighted by atomic mass is 10.5. The Bertz CT molecular complexity index is 107. The van der Waals surface area contributed by atoms with Gasteiger partial charge in [-0.2, -0.15) is 0 Å². The second kappa shape index (κ2) is 5.15. The summed E-state index contributed by atoms with van der Waals surface area (Å²) in [6.45, 7) is 3.75. The molecule has 0 spiro atoms. The lowest BCUT2D eigenvalue weighted by Crippen LogP contribution is -2.00. The lowest BCUT2D eigenvalue weighted by Gasteiger charge is -1.95. The number of esters is 1. The minimum absolute atomic E-state index is 0.295. The van der Waals surface area contributed by atoms with E-state index in [-0.39, 0.29) is 0 Å². The minimum atomic E-state index is -0.541. The quantitative estimate of drug-likeness (QED) is 0.348. The molecule has 0 bridgehead atoms. The Morgan fingerprint density at radius 2 is 2.44 bits per heavy atom. The summed E-state index contributed by atoms with van der Waals surface area (Å²) in [7, 11) is 0. The van der Waals surface area contributed by atoms with Gasteiger partial charge in [-0.15, -0.1) is 0 Å². The Hall–Kier alpha value is -0.990. The van der Waals surface area contributed by atoms with E-state index in [0.29, 0.717) is 19.3 Å². The summed E-state index contributed by atoms with van der Waals surface area (Å²) in [5.41, 5.74) is 0. The second-order valence-corrected chi connectivity index (χ2v) is 1.34. The maximum absolute atomic E-state index is 10.3. The van der Waals surface area contributed by atoms with E-state index in [1.54, 1.807) is 0 Å². The van der Waals surface area contributed by atoms with E-state index in [9.17, 15) is 4.79 Å². The number of carbonyl (C=O) groups excluding carboxylic acids is 1. The topological polar surface area (TPSA) is 46.5 Å². The highest BCUT2D eigenvalue weighted by atomic mass is 16.5. The fourth-order valence-corrected chi connectivity index (χ4v) is 0.282. The van der Waals surface area contributed by atoms with Gasteiger partial charge in [0.05, 0.1) is 18.9 Å². The van der Waals surface area contributed by atoms with Gasteiger partial charge in [-0.1, -0.05) is 0 Å². The van der Waals surface area contributed by atoms with Crippen molar-refractivity contribution >= 4 is 5.97 Å². The molecule has 51 valence electrons. The molecular weight excluding hydrogens is 120 g/mol. The standard InChI is InChI=1S/C6H9O3/c1-2-5-9-6(8)3-4-7/h3-4,7H,1-2,5H2. The summed E-state index contributed by atoms with van der Waals surface area (Å²) in [5.74, 6) is -0.541. The third kappa shape index (κ3) is 4.87. The number of aliphatic hydroxyl groups excluding tert-OH is 1. The molecule has 0 aliphatic rings. The normalized spacial score (nSPS) is 9.89. The number of hydrogen-bond acceptors (Lipinski definition) is 3. The van der Waals surface area contributed by atoms with E-state index in [2.05, 4.69) is 11.7 Å². The van der Waals surface area contributed by atoms with E-state index >= 15 is 0 Å². The molecule has 0 aromatic carbocycles. The largest absolute Gasteiger partial charge is 0.515 e. The molecule has 0 rings (SSSR count). The van der Waals surface area contributed by atoms with Crippen molar-refractivity contribution in [3.63, 3.8) is 0 Å². The predicted octanol–water partition coefficient (Wildman–Crippen LogP) is 0.825. The number of ether oxygens (including phenoxy) is 1. The van der Waals surface area contributed by atoms with Gasteiger partial charge in [0.25, 0.3) is 0 Å². The molecule has 0 aromatic rings. The van der Waals surface area contributed by atoms with Gasteiger partial charge in [0, 0.05) is 0 Å². The van der Waals surface area contributed by atoms with E-state index in [1.165, 1.54) is 0 Å². The average molecular weight is 129 g/mol. The summed E-state index contributed by atoms with van der Waals surface area (Å²) >= 11 is 0. The van der Waals surface area contributed by atoms with Crippen molar-refractivity contribution in [2.45, 2.75) is 6.42 Å². The molecule has 0 heterocycles. The first-order valence-electron chi connectivity index (χ1n) is 2.58. The van der Waals surface area contributed by atoms with Gasteiger partial charge in [-0.05, 0) is 13.3 Å². The van der Waals surface area contributed by atoms with Crippen LogP contribution in [0.1, 0.15) is 6.42 Å². The SMILES string of the molecule is [CH2]CCOC(=O)C=CO. The first kappa shape index (κ1) is 8.01. The monoisotopic (exact) mass is 129 g/mol. The zero-order valence-corrected chi connectivity index (χ0v) is 5.04. The summed E-state index contributed by atoms with van der Waals surface area (Å²) in [6, 6.07) is 0. The van der Waals surface area contributed by atoms with Crippen LogP contribution in [-0.2, 0) is 9.53 Å². The van der Waals surface area contributed by atoms with Crippen molar-refractivity contribution in [1.29, 1.82) is 0 Å². The van der Waals surface area contributed by atoms with Gasteiger partial charge in [0.15, 0.2) is 0 Å². The van der Waals surface area contributed by atoms with Crippen molar-refractivity contribution in [2.75, 3.05) is 6.61 Å². The molecule has 0 aliphatic heterocycles. The van der Waals surface area contributed by atoms with Crippen LogP contribution >= 0.6 is 0 Å². The van der Waals surface area contributed by atoms with Crippen LogP contribution in [0.25, 0.3) is 0 Å². The summed E-state index contributed by atoms with van der Waals surface area (Å²) in [4.78, 5) is 10.3. The molecule has 0 atom stereocenters. The number of hydrogen-bond donors (Lipinski definition) is 1. The zero-order chi connectivity index (χ0) is 7.11. The first-order valence-corrected chi connectivity index (χ1v) is 2.58. The molecule has 0 saturated heterocycles. The summed E-state index contributed by atoms with van der Waals surface area (Å²) < 4.78 is 4.48. The van der Waals surface area contributed by atoms with Crippen molar-refractivity contribution in [1.82, 2.24) is 0 Å². The van der Waals surface area contributed by atoms with Crippen LogP contribution in [-0.4, -0.2) is 17.7 Å². The highest BCUT2D eigenvalue weighted by molar-refractivity contribution is 5.81. The van der Waals surface area contributed by atoms with E-state index in [4.69, 9.17) is 5.11 Å². The molecule has 0 aliphatic carbocycles. The fourth-order valence-electron chi connectivity index (χ4n) is 0.282. The number of aliphatic hydroxyl groups is 1. The van der Waals surface area contributed by atoms with Gasteiger partial charge in [-0.25, -0.2) is 4.79 Å². The van der Waals surface area contributed by atoms with Gasteiger partial charge in [0.1, 0.15) is 0 Å². The fraction of sp³-hybridized carbons (Fsp3) is 0.333. The molecule has 3 heteroatoms. The van der Waals surface area contributed by atoms with Crippen LogP contribution in [0.3, 0.4) is 0 Å². The number of carbonyl (C=O) groups is 1. The van der Waals surface area contributed by atoms with E-state index in [0.717, 1.165) is 6.08 Å². The Kier molecular flexibility index (Phi) is 4.59. The van der Waals surface area contributed by atoms with Crippen molar-refractivity contribution < 1.29 is 14.6 Å². The minimum Gasteiger partial charge on any atom is -0.515 e. The average Bonchev–Trinajstić information content (AvgIpc) is 1.85. The lowest BCUT2D eigenvalue weighted by molar-refractivity contribution is -0.137. The molecule has 9 heavy (non-hydrogen) atoms. The van der Waals surface area contributed by atoms with Crippen molar-refractivity contribution in [3.05, 3.63) is 19.3 Å². The molecule has 1 radical (unpaired) electrons. The van der Waals surface area contributed by atoms with Gasteiger partial charge in [0.2, 0.25) is 0 Å². The highest BCUT2D eigenvalue weighted by Crippen LogP contribution is 1.82. The summed E-state index contributed by atoms with van der Waals surface area (Å²) in [6.07, 6.45) is 2.13. The molecule has 0 amide bonds. The number of rotatable bonds is 3. The third-order valence-electron chi connectivity index (χ3n) is 0.599. The van der Waals surface area contributed by atoms with Crippen molar-refractivity contribution in [3.8, 4) is 0 Å². The second-order valence-electron chi connectivity index (χ2n) is 1.34. The zero-order valence-electron chi connectivity index (χ0n) is 5.04. The third-order valence-corrected chi connectivity index (χ3v) is 0.599. The Balaban J connectivity index is 3.27. The van der Waals surface area contributed by atoms with Crippen LogP contribution in [0.4, 0.5) is 0 Å². The smallest absolute Gasteiger partial charge is 0.333 e. The Labute approximate surface area is 53.9 Å². The van der Waals surface area contributed by atoms with Crippen molar-refractivity contribution in [2.24, 2.45) is 0 Å². The first-order chi connectivity index (χ1) is 4.31. The van der Waals surface area contributed by atoms with E-state index in [1.807, 2.05) is 0 Å².